The van der Waals surface area contributed by atoms with Crippen LogP contribution in [0.1, 0.15) is 15.9 Å². The summed E-state index contributed by atoms with van der Waals surface area (Å²) in [7, 11) is 1.62. The largest absolute Gasteiger partial charge is 0.497 e. The quantitative estimate of drug-likeness (QED) is 0.571. The highest BCUT2D eigenvalue weighted by molar-refractivity contribution is 6.04. The van der Waals surface area contributed by atoms with Crippen molar-refractivity contribution in [1.29, 1.82) is 5.26 Å². The zero-order valence-corrected chi connectivity index (χ0v) is 15.9. The summed E-state index contributed by atoms with van der Waals surface area (Å²) in [6, 6.07) is 19.5. The fourth-order valence-electron chi connectivity index (χ4n) is 2.48. The summed E-state index contributed by atoms with van der Waals surface area (Å²) < 4.78 is 10.7. The molecular formula is C22H20N4O3. The lowest BCUT2D eigenvalue weighted by Crippen LogP contribution is -2.14. The second-order valence-electron chi connectivity index (χ2n) is 6.03. The van der Waals surface area contributed by atoms with E-state index in [1.54, 1.807) is 43.5 Å². The van der Waals surface area contributed by atoms with Crippen LogP contribution in [0.15, 0.2) is 66.9 Å². The number of anilines is 2. The van der Waals surface area contributed by atoms with Gasteiger partial charge in [-0.1, -0.05) is 0 Å². The van der Waals surface area contributed by atoms with Crippen LogP contribution in [0, 0.1) is 11.3 Å². The highest BCUT2D eigenvalue weighted by Crippen LogP contribution is 2.17. The van der Waals surface area contributed by atoms with Gasteiger partial charge in [0, 0.05) is 11.9 Å². The van der Waals surface area contributed by atoms with Gasteiger partial charge >= 0.3 is 0 Å². The molecule has 0 atom stereocenters. The summed E-state index contributed by atoms with van der Waals surface area (Å²) in [5.74, 6) is 1.92. The van der Waals surface area contributed by atoms with E-state index in [1.807, 2.05) is 30.3 Å². The predicted molar refractivity (Wildman–Crippen MR) is 110 cm³/mol. The third-order valence-corrected chi connectivity index (χ3v) is 4.03. The molecule has 146 valence electrons. The topological polar surface area (TPSA) is 96.3 Å². The number of amides is 1. The number of benzene rings is 2. The van der Waals surface area contributed by atoms with E-state index in [0.717, 1.165) is 11.5 Å². The van der Waals surface area contributed by atoms with Crippen molar-refractivity contribution in [2.75, 3.05) is 30.9 Å². The number of carbonyl (C=O) groups is 1. The van der Waals surface area contributed by atoms with Crippen molar-refractivity contribution in [3.63, 3.8) is 0 Å². The molecule has 3 aromatic rings. The first kappa shape index (κ1) is 19.7. The Morgan fingerprint density at radius 1 is 1.03 bits per heavy atom. The van der Waals surface area contributed by atoms with Gasteiger partial charge < -0.3 is 20.1 Å². The van der Waals surface area contributed by atoms with Gasteiger partial charge in [0.1, 0.15) is 23.9 Å². The second-order valence-corrected chi connectivity index (χ2v) is 6.03. The summed E-state index contributed by atoms with van der Waals surface area (Å²) in [5.41, 5.74) is 1.59. The number of rotatable bonds is 8. The van der Waals surface area contributed by atoms with Crippen LogP contribution in [0.25, 0.3) is 0 Å². The van der Waals surface area contributed by atoms with Crippen LogP contribution in [0.3, 0.4) is 0 Å². The van der Waals surface area contributed by atoms with Gasteiger partial charge in [0.05, 0.1) is 30.9 Å². The molecule has 1 amide bonds. The minimum absolute atomic E-state index is 0.267. The van der Waals surface area contributed by atoms with Crippen molar-refractivity contribution in [3.8, 4) is 17.6 Å². The highest BCUT2D eigenvalue weighted by atomic mass is 16.5. The Kier molecular flexibility index (Phi) is 6.63. The van der Waals surface area contributed by atoms with Gasteiger partial charge in [0.15, 0.2) is 0 Å². The molecule has 0 fully saturated rings. The third kappa shape index (κ3) is 5.71. The van der Waals surface area contributed by atoms with Crippen LogP contribution in [0.2, 0.25) is 0 Å². The predicted octanol–water partition coefficient (Wildman–Crippen LogP) is 3.71. The Bertz CT molecular complexity index is 979. The lowest BCUT2D eigenvalue weighted by Gasteiger charge is -2.09. The lowest BCUT2D eigenvalue weighted by molar-refractivity contribution is 0.102. The normalized spacial score (nSPS) is 9.93. The maximum atomic E-state index is 12.3. The molecule has 0 radical (unpaired) electrons. The zero-order chi connectivity index (χ0) is 20.5. The maximum Gasteiger partial charge on any atom is 0.257 e. The standard InChI is InChI=1S/C22H20N4O3/c1-28-19-7-9-20(10-8-19)29-13-12-24-21-11-4-17(15-25-21)22(27)26-18-5-2-16(14-23)3-6-18/h2-11,15H,12-13H2,1H3,(H,24,25)(H,26,27). The van der Waals surface area contributed by atoms with E-state index in [1.165, 1.54) is 6.20 Å². The Hall–Kier alpha value is -4.05. The Labute approximate surface area is 168 Å². The first-order valence-electron chi connectivity index (χ1n) is 8.96. The highest BCUT2D eigenvalue weighted by Gasteiger charge is 2.07. The molecule has 3 rings (SSSR count). The van der Waals surface area contributed by atoms with Gasteiger partial charge in [0.2, 0.25) is 0 Å². The fraction of sp³-hybridized carbons (Fsp3) is 0.136. The van der Waals surface area contributed by atoms with Crippen molar-refractivity contribution >= 4 is 17.4 Å². The van der Waals surface area contributed by atoms with Gasteiger partial charge in [0.25, 0.3) is 5.91 Å². The minimum atomic E-state index is -0.267. The number of hydrogen-bond donors (Lipinski definition) is 2. The summed E-state index contributed by atoms with van der Waals surface area (Å²) in [6.45, 7) is 1.03. The third-order valence-electron chi connectivity index (χ3n) is 4.03. The summed E-state index contributed by atoms with van der Waals surface area (Å²) >= 11 is 0. The Morgan fingerprint density at radius 3 is 2.38 bits per heavy atom. The van der Waals surface area contributed by atoms with Crippen LogP contribution in [-0.2, 0) is 0 Å². The number of hydrogen-bond acceptors (Lipinski definition) is 6. The molecule has 0 unspecified atom stereocenters. The van der Waals surface area contributed by atoms with Gasteiger partial charge in [-0.15, -0.1) is 0 Å². The minimum Gasteiger partial charge on any atom is -0.497 e. The van der Waals surface area contributed by atoms with Gasteiger partial charge in [-0.3, -0.25) is 4.79 Å². The van der Waals surface area contributed by atoms with Crippen LogP contribution in [0.4, 0.5) is 11.5 Å². The van der Waals surface area contributed by atoms with E-state index >= 15 is 0 Å². The fourth-order valence-corrected chi connectivity index (χ4v) is 2.48. The van der Waals surface area contributed by atoms with Crippen LogP contribution < -0.4 is 20.1 Å². The van der Waals surface area contributed by atoms with Gasteiger partial charge in [-0.2, -0.15) is 5.26 Å². The molecule has 7 heteroatoms. The number of ether oxygens (including phenoxy) is 2. The molecule has 0 bridgehead atoms. The molecule has 7 nitrogen and oxygen atoms in total. The second kappa shape index (κ2) is 9.76. The Morgan fingerprint density at radius 2 is 1.76 bits per heavy atom. The molecule has 29 heavy (non-hydrogen) atoms. The molecule has 1 heterocycles. The molecule has 2 aromatic carbocycles. The molecule has 0 saturated heterocycles. The van der Waals surface area contributed by atoms with E-state index in [2.05, 4.69) is 15.6 Å². The van der Waals surface area contributed by atoms with E-state index in [0.29, 0.717) is 35.8 Å². The average Bonchev–Trinajstić information content (AvgIpc) is 2.78. The Balaban J connectivity index is 1.45. The molecular weight excluding hydrogens is 368 g/mol. The van der Waals surface area contributed by atoms with Crippen LogP contribution in [0.5, 0.6) is 11.5 Å². The number of nitriles is 1. The number of methoxy groups -OCH3 is 1. The summed E-state index contributed by atoms with van der Waals surface area (Å²) in [5, 5.41) is 14.7. The van der Waals surface area contributed by atoms with Crippen molar-refractivity contribution < 1.29 is 14.3 Å². The SMILES string of the molecule is COc1ccc(OCCNc2ccc(C(=O)Nc3ccc(C#N)cc3)cn2)cc1. The van der Waals surface area contributed by atoms with E-state index < -0.39 is 0 Å². The molecule has 0 aliphatic rings. The van der Waals surface area contributed by atoms with Crippen molar-refractivity contribution in [2.24, 2.45) is 0 Å². The average molecular weight is 388 g/mol. The maximum absolute atomic E-state index is 12.3. The number of pyridine rings is 1. The number of carbonyl (C=O) groups excluding carboxylic acids is 1. The summed E-state index contributed by atoms with van der Waals surface area (Å²) in [6.07, 6.45) is 1.51. The van der Waals surface area contributed by atoms with E-state index in [9.17, 15) is 4.79 Å². The smallest absolute Gasteiger partial charge is 0.257 e. The first-order chi connectivity index (χ1) is 14.2. The first-order valence-corrected chi connectivity index (χ1v) is 8.96. The van der Waals surface area contributed by atoms with Crippen LogP contribution in [-0.4, -0.2) is 31.2 Å². The lowest BCUT2D eigenvalue weighted by atomic mass is 10.2. The number of nitrogens with one attached hydrogen (secondary N) is 2. The molecule has 0 spiro atoms. The molecule has 0 aliphatic carbocycles. The van der Waals surface area contributed by atoms with E-state index in [-0.39, 0.29) is 5.91 Å². The molecule has 0 aliphatic heterocycles. The van der Waals surface area contributed by atoms with E-state index in [4.69, 9.17) is 14.7 Å². The molecule has 2 N–H and O–H groups in total. The number of nitrogens with zero attached hydrogens (tertiary/aromatic N) is 2. The van der Waals surface area contributed by atoms with Crippen LogP contribution >= 0.6 is 0 Å². The monoisotopic (exact) mass is 388 g/mol. The van der Waals surface area contributed by atoms with Crippen molar-refractivity contribution in [1.82, 2.24) is 4.98 Å². The molecule has 0 saturated carbocycles. The summed E-state index contributed by atoms with van der Waals surface area (Å²) in [4.78, 5) is 16.5. The zero-order valence-electron chi connectivity index (χ0n) is 15.9. The van der Waals surface area contributed by atoms with Gasteiger partial charge in [-0.25, -0.2) is 4.98 Å². The molecule has 1 aromatic heterocycles. The van der Waals surface area contributed by atoms with Crippen molar-refractivity contribution in [2.45, 2.75) is 0 Å². The number of aromatic nitrogens is 1. The van der Waals surface area contributed by atoms with Crippen molar-refractivity contribution in [3.05, 3.63) is 78.0 Å². The van der Waals surface area contributed by atoms with Gasteiger partial charge in [-0.05, 0) is 60.7 Å².